The molecule has 1 heterocycles. The Balaban J connectivity index is 1.72. The molecular weight excluding hydrogens is 324 g/mol. The molecular formula is C17H20N4O4. The molecule has 0 spiro atoms. The van der Waals surface area contributed by atoms with E-state index in [2.05, 4.69) is 21.3 Å². The van der Waals surface area contributed by atoms with Crippen molar-refractivity contribution < 1.29 is 18.8 Å². The Kier molecular flexibility index (Phi) is 6.58. The summed E-state index contributed by atoms with van der Waals surface area (Å²) in [7, 11) is 1.52. The molecule has 0 saturated heterocycles. The van der Waals surface area contributed by atoms with Gasteiger partial charge in [0.15, 0.2) is 5.76 Å². The lowest BCUT2D eigenvalue weighted by molar-refractivity contribution is -0.116. The molecule has 0 radical (unpaired) electrons. The normalized spacial score (nSPS) is 9.96. The highest BCUT2D eigenvalue weighted by atomic mass is 16.3. The van der Waals surface area contributed by atoms with E-state index in [1.54, 1.807) is 36.4 Å². The molecule has 0 fully saturated rings. The molecule has 1 aromatic heterocycles. The molecule has 0 saturated carbocycles. The smallest absolute Gasteiger partial charge is 0.318 e. The highest BCUT2D eigenvalue weighted by Gasteiger charge is 2.08. The summed E-state index contributed by atoms with van der Waals surface area (Å²) in [5.74, 6) is -0.243. The zero-order valence-electron chi connectivity index (χ0n) is 13.8. The van der Waals surface area contributed by atoms with Gasteiger partial charge >= 0.3 is 6.03 Å². The fourth-order valence-corrected chi connectivity index (χ4v) is 2.04. The number of hydrogen-bond acceptors (Lipinski definition) is 4. The van der Waals surface area contributed by atoms with Crippen molar-refractivity contribution >= 4 is 29.2 Å². The predicted octanol–water partition coefficient (Wildman–Crippen LogP) is 2.18. The highest BCUT2D eigenvalue weighted by Crippen LogP contribution is 2.15. The van der Waals surface area contributed by atoms with Crippen molar-refractivity contribution in [1.82, 2.24) is 10.6 Å². The second kappa shape index (κ2) is 9.11. The van der Waals surface area contributed by atoms with Crippen molar-refractivity contribution in [2.75, 3.05) is 24.2 Å². The molecule has 4 amide bonds. The molecule has 0 atom stereocenters. The number of amides is 4. The van der Waals surface area contributed by atoms with Gasteiger partial charge in [-0.3, -0.25) is 9.59 Å². The molecule has 0 bridgehead atoms. The van der Waals surface area contributed by atoms with Crippen molar-refractivity contribution in [2.45, 2.75) is 12.8 Å². The SMILES string of the molecule is CNC(=O)Nc1cccc(NC(=O)CCCNC(=O)c2ccco2)c1. The van der Waals surface area contributed by atoms with Crippen LogP contribution in [-0.4, -0.2) is 31.4 Å². The van der Waals surface area contributed by atoms with Gasteiger partial charge in [0.05, 0.1) is 6.26 Å². The Hall–Kier alpha value is -3.29. The lowest BCUT2D eigenvalue weighted by Crippen LogP contribution is -2.25. The van der Waals surface area contributed by atoms with Gasteiger partial charge in [0, 0.05) is 31.4 Å². The number of nitrogens with one attached hydrogen (secondary N) is 4. The monoisotopic (exact) mass is 344 g/mol. The van der Waals surface area contributed by atoms with E-state index >= 15 is 0 Å². The number of benzene rings is 1. The minimum Gasteiger partial charge on any atom is -0.459 e. The summed E-state index contributed by atoms with van der Waals surface area (Å²) >= 11 is 0. The third-order valence-corrected chi connectivity index (χ3v) is 3.24. The summed E-state index contributed by atoms with van der Waals surface area (Å²) in [6.07, 6.45) is 2.18. The minimum atomic E-state index is -0.337. The lowest BCUT2D eigenvalue weighted by atomic mass is 10.2. The van der Waals surface area contributed by atoms with Crippen LogP contribution in [0.2, 0.25) is 0 Å². The van der Waals surface area contributed by atoms with Crippen LogP contribution in [0.15, 0.2) is 47.1 Å². The Labute approximate surface area is 145 Å². The molecule has 2 rings (SSSR count). The number of carbonyl (C=O) groups is 3. The van der Waals surface area contributed by atoms with Crippen LogP contribution >= 0.6 is 0 Å². The Morgan fingerprint density at radius 3 is 2.48 bits per heavy atom. The van der Waals surface area contributed by atoms with Crippen LogP contribution in [0.4, 0.5) is 16.2 Å². The number of carbonyl (C=O) groups excluding carboxylic acids is 3. The van der Waals surface area contributed by atoms with Gasteiger partial charge in [-0.25, -0.2) is 4.79 Å². The molecule has 8 heteroatoms. The molecule has 0 unspecified atom stereocenters. The fraction of sp³-hybridized carbons (Fsp3) is 0.235. The van der Waals surface area contributed by atoms with Gasteiger partial charge in [-0.2, -0.15) is 0 Å². The van der Waals surface area contributed by atoms with Crippen LogP contribution in [-0.2, 0) is 4.79 Å². The molecule has 0 aliphatic heterocycles. The third-order valence-electron chi connectivity index (χ3n) is 3.24. The molecule has 1 aromatic carbocycles. The second-order valence-corrected chi connectivity index (χ2v) is 5.17. The highest BCUT2D eigenvalue weighted by molar-refractivity contribution is 5.93. The number of urea groups is 1. The van der Waals surface area contributed by atoms with Crippen LogP contribution in [0.3, 0.4) is 0 Å². The summed E-state index contributed by atoms with van der Waals surface area (Å²) < 4.78 is 4.97. The first-order valence-corrected chi connectivity index (χ1v) is 7.79. The quantitative estimate of drug-likeness (QED) is 0.577. The zero-order valence-corrected chi connectivity index (χ0v) is 13.8. The topological polar surface area (TPSA) is 112 Å². The average molecular weight is 344 g/mol. The maximum Gasteiger partial charge on any atom is 0.318 e. The van der Waals surface area contributed by atoms with Gasteiger partial charge in [-0.05, 0) is 36.8 Å². The van der Waals surface area contributed by atoms with Crippen LogP contribution in [0, 0.1) is 0 Å². The van der Waals surface area contributed by atoms with E-state index in [9.17, 15) is 14.4 Å². The Morgan fingerprint density at radius 1 is 1.04 bits per heavy atom. The van der Waals surface area contributed by atoms with Crippen molar-refractivity contribution in [2.24, 2.45) is 0 Å². The average Bonchev–Trinajstić information content (AvgIpc) is 3.13. The van der Waals surface area contributed by atoms with Crippen LogP contribution < -0.4 is 21.3 Å². The van der Waals surface area contributed by atoms with Gasteiger partial charge in [0.1, 0.15) is 0 Å². The fourth-order valence-electron chi connectivity index (χ4n) is 2.04. The molecule has 25 heavy (non-hydrogen) atoms. The summed E-state index contributed by atoms with van der Waals surface area (Å²) in [6.45, 7) is 0.366. The summed E-state index contributed by atoms with van der Waals surface area (Å²) in [5, 5.41) is 10.5. The van der Waals surface area contributed by atoms with Crippen molar-refractivity contribution in [3.05, 3.63) is 48.4 Å². The minimum absolute atomic E-state index is 0.177. The predicted molar refractivity (Wildman–Crippen MR) is 93.4 cm³/mol. The van der Waals surface area contributed by atoms with Crippen LogP contribution in [0.1, 0.15) is 23.4 Å². The van der Waals surface area contributed by atoms with Gasteiger partial charge in [0.2, 0.25) is 5.91 Å². The molecule has 2 aromatic rings. The summed E-state index contributed by atoms with van der Waals surface area (Å²) in [5.41, 5.74) is 1.15. The van der Waals surface area contributed by atoms with E-state index < -0.39 is 0 Å². The number of rotatable bonds is 7. The maximum absolute atomic E-state index is 11.9. The van der Waals surface area contributed by atoms with E-state index in [0.717, 1.165) is 0 Å². The largest absolute Gasteiger partial charge is 0.459 e. The van der Waals surface area contributed by atoms with E-state index in [4.69, 9.17) is 4.42 Å². The lowest BCUT2D eigenvalue weighted by Gasteiger charge is -2.09. The maximum atomic E-state index is 11.9. The number of anilines is 2. The first-order chi connectivity index (χ1) is 12.1. The van der Waals surface area contributed by atoms with Crippen molar-refractivity contribution in [1.29, 1.82) is 0 Å². The van der Waals surface area contributed by atoms with Gasteiger partial charge in [0.25, 0.3) is 5.91 Å². The zero-order chi connectivity index (χ0) is 18.1. The first-order valence-electron chi connectivity index (χ1n) is 7.79. The Morgan fingerprint density at radius 2 is 1.80 bits per heavy atom. The van der Waals surface area contributed by atoms with E-state index in [0.29, 0.717) is 24.3 Å². The van der Waals surface area contributed by atoms with E-state index in [-0.39, 0.29) is 30.0 Å². The summed E-state index contributed by atoms with van der Waals surface area (Å²) in [4.78, 5) is 34.9. The van der Waals surface area contributed by atoms with Crippen LogP contribution in [0.5, 0.6) is 0 Å². The molecule has 4 N–H and O–H groups in total. The molecule has 8 nitrogen and oxygen atoms in total. The third kappa shape index (κ3) is 6.02. The standard InChI is InChI=1S/C17H20N4O4/c1-18-17(24)21-13-6-2-5-12(11-13)20-15(22)8-3-9-19-16(23)14-7-4-10-25-14/h2,4-7,10-11H,3,8-9H2,1H3,(H,19,23)(H,20,22)(H2,18,21,24). The number of furan rings is 1. The molecule has 0 aliphatic carbocycles. The van der Waals surface area contributed by atoms with E-state index in [1.165, 1.54) is 13.3 Å². The van der Waals surface area contributed by atoms with Gasteiger partial charge in [-0.15, -0.1) is 0 Å². The first kappa shape index (κ1) is 18.1. The molecule has 0 aliphatic rings. The van der Waals surface area contributed by atoms with Gasteiger partial charge < -0.3 is 25.7 Å². The summed E-state index contributed by atoms with van der Waals surface area (Å²) in [6, 6.07) is 9.70. The Bertz CT molecular complexity index is 728. The van der Waals surface area contributed by atoms with Crippen LogP contribution in [0.25, 0.3) is 0 Å². The van der Waals surface area contributed by atoms with E-state index in [1.807, 2.05) is 0 Å². The van der Waals surface area contributed by atoms with Gasteiger partial charge in [-0.1, -0.05) is 6.07 Å². The van der Waals surface area contributed by atoms with Crippen molar-refractivity contribution in [3.63, 3.8) is 0 Å². The second-order valence-electron chi connectivity index (χ2n) is 5.17. The van der Waals surface area contributed by atoms with Crippen molar-refractivity contribution in [3.8, 4) is 0 Å². The molecule has 132 valence electrons. The number of hydrogen-bond donors (Lipinski definition) is 4.